The Kier molecular flexibility index (Phi) is 11.2. The fraction of sp³-hybridized carbons (Fsp3) is 0.171. The number of aryl methyl sites for hydroxylation is 1. The minimum absolute atomic E-state index is 0.203. The summed E-state index contributed by atoms with van der Waals surface area (Å²) >= 11 is 5.14. The first kappa shape index (κ1) is 34.1. The molecule has 0 fully saturated rings. The van der Waals surface area contributed by atoms with Crippen molar-refractivity contribution in [3.05, 3.63) is 117 Å². The van der Waals surface area contributed by atoms with E-state index >= 15 is 0 Å². The summed E-state index contributed by atoms with van der Waals surface area (Å²) in [5.41, 5.74) is 4.24. The lowest BCUT2D eigenvalue weighted by atomic mass is 10.1. The van der Waals surface area contributed by atoms with Gasteiger partial charge in [0.2, 0.25) is 10.3 Å². The minimum Gasteiger partial charge on any atom is -0.496 e. The topological polar surface area (TPSA) is 128 Å². The van der Waals surface area contributed by atoms with Crippen LogP contribution < -0.4 is 20.1 Å². The quantitative estimate of drug-likeness (QED) is 0.0681. The zero-order valence-corrected chi connectivity index (χ0v) is 29.4. The summed E-state index contributed by atoms with van der Waals surface area (Å²) in [6.07, 6.45) is 4.57. The second-order valence-corrected chi connectivity index (χ2v) is 13.5. The molecule has 49 heavy (non-hydrogen) atoms. The number of nitrogens with one attached hydrogen (secondary N) is 2. The number of methoxy groups -OCH3 is 1. The number of nitrogens with zero attached hydrogens (tertiary/aromatic N) is 4. The number of anilines is 2. The summed E-state index contributed by atoms with van der Waals surface area (Å²) in [5.74, 6) is 1.57. The van der Waals surface area contributed by atoms with Gasteiger partial charge in [0.1, 0.15) is 40.9 Å². The van der Waals surface area contributed by atoms with Crippen molar-refractivity contribution in [2.45, 2.75) is 19.4 Å². The smallest absolute Gasteiger partial charge is 0.220 e. The SMILES string of the molecule is COc1cc2ncnc(Nc3ccc(OCc4cccc(F)c4)c(Br)c3)c2cc1-c1csc(CCCNCC(c2ccccn2)=S(=O)=O)n1. The third-order valence-corrected chi connectivity index (χ3v) is 9.73. The third kappa shape index (κ3) is 8.64. The van der Waals surface area contributed by atoms with Crippen LogP contribution in [0.15, 0.2) is 95.2 Å². The van der Waals surface area contributed by atoms with Crippen LogP contribution in [-0.4, -0.2) is 53.4 Å². The van der Waals surface area contributed by atoms with E-state index in [0.717, 1.165) is 50.2 Å². The lowest BCUT2D eigenvalue weighted by Crippen LogP contribution is -2.26. The number of thiazole rings is 1. The standard InChI is InChI=1S/C35H30BrFN6O4S2/c1-46-32-17-29-26(35(41-21-40-29)42-24-10-11-31(27(36)15-24)47-19-22-6-4-7-23(37)14-22)16-25(32)30-20-48-34(43-30)9-5-12-38-18-33(49(44)45)28-8-2-3-13-39-28/h2-4,6-8,10-11,13-17,20-21,38H,5,9,12,18-19H2,1H3,(H,40,41,42). The van der Waals surface area contributed by atoms with Gasteiger partial charge >= 0.3 is 0 Å². The lowest BCUT2D eigenvalue weighted by molar-refractivity contribution is 0.303. The fourth-order valence-corrected chi connectivity index (χ4v) is 6.90. The zero-order valence-electron chi connectivity index (χ0n) is 26.2. The molecule has 2 N–H and O–H groups in total. The van der Waals surface area contributed by atoms with Gasteiger partial charge in [-0.05, 0) is 83.0 Å². The number of benzene rings is 3. The Bertz CT molecular complexity index is 2230. The van der Waals surface area contributed by atoms with Gasteiger partial charge in [-0.2, -0.15) is 8.42 Å². The Balaban J connectivity index is 1.13. The van der Waals surface area contributed by atoms with Crippen LogP contribution >= 0.6 is 27.3 Å². The van der Waals surface area contributed by atoms with Crippen molar-refractivity contribution < 1.29 is 22.3 Å². The number of hydrogen-bond donors (Lipinski definition) is 2. The highest BCUT2D eigenvalue weighted by molar-refractivity contribution is 9.10. The monoisotopic (exact) mass is 760 g/mol. The number of ether oxygens (including phenoxy) is 2. The number of halogens is 2. The van der Waals surface area contributed by atoms with E-state index in [4.69, 9.17) is 14.5 Å². The van der Waals surface area contributed by atoms with Gasteiger partial charge in [0, 0.05) is 47.2 Å². The Hall–Kier alpha value is -4.76. The summed E-state index contributed by atoms with van der Waals surface area (Å²) in [4.78, 5) is 18.2. The van der Waals surface area contributed by atoms with Crippen LogP contribution in [0.4, 0.5) is 15.9 Å². The first-order valence-corrected chi connectivity index (χ1v) is 17.9. The maximum Gasteiger partial charge on any atom is 0.220 e. The number of aromatic nitrogens is 4. The maximum atomic E-state index is 13.5. The van der Waals surface area contributed by atoms with E-state index in [9.17, 15) is 12.8 Å². The van der Waals surface area contributed by atoms with Crippen molar-refractivity contribution >= 4 is 64.8 Å². The van der Waals surface area contributed by atoms with Crippen molar-refractivity contribution in [2.75, 3.05) is 25.5 Å². The molecule has 10 nitrogen and oxygen atoms in total. The van der Waals surface area contributed by atoms with Gasteiger partial charge in [-0.1, -0.05) is 18.2 Å². The second kappa shape index (κ2) is 16.1. The van der Waals surface area contributed by atoms with Crippen molar-refractivity contribution in [3.63, 3.8) is 0 Å². The Morgan fingerprint density at radius 3 is 2.67 bits per heavy atom. The molecule has 0 radical (unpaired) electrons. The van der Waals surface area contributed by atoms with Crippen LogP contribution in [0, 0.1) is 5.82 Å². The number of pyridine rings is 1. The van der Waals surface area contributed by atoms with Gasteiger partial charge in [-0.15, -0.1) is 11.3 Å². The molecule has 6 rings (SSSR count). The summed E-state index contributed by atoms with van der Waals surface area (Å²) in [6, 6.07) is 20.9. The molecule has 0 atom stereocenters. The van der Waals surface area contributed by atoms with E-state index in [1.165, 1.54) is 18.5 Å². The van der Waals surface area contributed by atoms with E-state index in [-0.39, 0.29) is 23.8 Å². The molecule has 0 aliphatic carbocycles. The average molecular weight is 762 g/mol. The normalized spacial score (nSPS) is 11.0. The minimum atomic E-state index is -2.36. The van der Waals surface area contributed by atoms with Gasteiger partial charge in [0.05, 0.1) is 33.5 Å². The molecular weight excluding hydrogens is 731 g/mol. The highest BCUT2D eigenvalue weighted by Crippen LogP contribution is 2.37. The third-order valence-electron chi connectivity index (χ3n) is 7.44. The predicted molar refractivity (Wildman–Crippen MR) is 194 cm³/mol. The fourth-order valence-electron chi connectivity index (χ4n) is 5.05. The van der Waals surface area contributed by atoms with E-state index < -0.39 is 10.3 Å². The van der Waals surface area contributed by atoms with Crippen LogP contribution in [0.2, 0.25) is 0 Å². The predicted octanol–water partition coefficient (Wildman–Crippen LogP) is 7.00. The first-order chi connectivity index (χ1) is 23.9. The van der Waals surface area contributed by atoms with E-state index in [2.05, 4.69) is 41.5 Å². The molecule has 0 saturated heterocycles. The van der Waals surface area contributed by atoms with Crippen molar-refractivity contribution in [1.82, 2.24) is 25.3 Å². The molecule has 3 aromatic heterocycles. The van der Waals surface area contributed by atoms with E-state index in [1.54, 1.807) is 48.9 Å². The zero-order chi connectivity index (χ0) is 34.2. The van der Waals surface area contributed by atoms with E-state index in [1.807, 2.05) is 41.8 Å². The number of fused-ring (bicyclic) bond motifs is 1. The maximum absolute atomic E-state index is 13.5. The van der Waals surface area contributed by atoms with Crippen molar-refractivity contribution in [3.8, 4) is 22.8 Å². The summed E-state index contributed by atoms with van der Waals surface area (Å²) in [6.45, 7) is 1.05. The first-order valence-electron chi connectivity index (χ1n) is 15.2. The number of rotatable bonds is 14. The van der Waals surface area contributed by atoms with Gasteiger partial charge in [-0.3, -0.25) is 4.98 Å². The molecule has 6 aromatic rings. The Labute approximate surface area is 296 Å². The lowest BCUT2D eigenvalue weighted by Gasteiger charge is -2.13. The van der Waals surface area contributed by atoms with Crippen LogP contribution in [0.25, 0.3) is 22.2 Å². The molecule has 0 aliphatic rings. The van der Waals surface area contributed by atoms with Gasteiger partial charge in [-0.25, -0.2) is 19.3 Å². The second-order valence-electron chi connectivity index (χ2n) is 10.8. The molecule has 250 valence electrons. The molecular formula is C35H30BrFN6O4S2. The molecule has 14 heteroatoms. The molecule has 3 heterocycles. The van der Waals surface area contributed by atoms with Gasteiger partial charge in [0.25, 0.3) is 0 Å². The molecule has 0 bridgehead atoms. The molecule has 0 aliphatic heterocycles. The molecule has 3 aromatic carbocycles. The van der Waals surface area contributed by atoms with Crippen LogP contribution in [0.3, 0.4) is 0 Å². The summed E-state index contributed by atoms with van der Waals surface area (Å²) in [7, 11) is -0.746. The largest absolute Gasteiger partial charge is 0.496 e. The van der Waals surface area contributed by atoms with Gasteiger partial charge in [0.15, 0.2) is 0 Å². The van der Waals surface area contributed by atoms with Crippen LogP contribution in [0.5, 0.6) is 11.5 Å². The highest BCUT2D eigenvalue weighted by Gasteiger charge is 2.16. The Morgan fingerprint density at radius 1 is 1.00 bits per heavy atom. The van der Waals surface area contributed by atoms with Crippen molar-refractivity contribution in [1.29, 1.82) is 0 Å². The van der Waals surface area contributed by atoms with Crippen molar-refractivity contribution in [2.24, 2.45) is 0 Å². The summed E-state index contributed by atoms with van der Waals surface area (Å²) in [5, 5.41) is 10.3. The van der Waals surface area contributed by atoms with Gasteiger partial charge < -0.3 is 20.1 Å². The molecule has 0 spiro atoms. The van der Waals surface area contributed by atoms with Crippen LogP contribution in [0.1, 0.15) is 22.7 Å². The highest BCUT2D eigenvalue weighted by atomic mass is 79.9. The molecule has 0 unspecified atom stereocenters. The average Bonchev–Trinajstić information content (AvgIpc) is 3.58. The molecule has 0 amide bonds. The van der Waals surface area contributed by atoms with E-state index in [0.29, 0.717) is 35.1 Å². The summed E-state index contributed by atoms with van der Waals surface area (Å²) < 4.78 is 49.3. The number of hydrogen-bond acceptors (Lipinski definition) is 11. The molecule has 0 saturated carbocycles. The Morgan fingerprint density at radius 2 is 1.90 bits per heavy atom. The van der Waals surface area contributed by atoms with Crippen LogP contribution in [-0.2, 0) is 23.3 Å².